The first-order valence-corrected chi connectivity index (χ1v) is 3.92. The molecule has 1 aliphatic carbocycles. The Hall–Kier alpha value is -0.0400. The average Bonchev–Trinajstić information content (AvgIpc) is 2.45. The van der Waals surface area contributed by atoms with Crippen LogP contribution in [0.3, 0.4) is 0 Å². The minimum atomic E-state index is -0.0773. The highest BCUT2D eigenvalue weighted by atomic mass is 16.3. The van der Waals surface area contributed by atoms with Gasteiger partial charge in [-0.15, -0.1) is 0 Å². The fraction of sp³-hybridized carbons (Fsp3) is 1.00. The number of aliphatic hydroxyl groups excluding tert-OH is 1. The summed E-state index contributed by atoms with van der Waals surface area (Å²) in [6.07, 6.45) is 3.61. The average molecular weight is 128 g/mol. The lowest BCUT2D eigenvalue weighted by Gasteiger charge is -2.00. The molecule has 0 spiro atoms. The number of aliphatic hydroxyl groups is 1. The van der Waals surface area contributed by atoms with E-state index in [1.54, 1.807) is 0 Å². The third kappa shape index (κ3) is 1.98. The lowest BCUT2D eigenvalue weighted by Crippen LogP contribution is -2.00. The maximum Gasteiger partial charge on any atom is 0.0514 e. The summed E-state index contributed by atoms with van der Waals surface area (Å²) in [6.45, 7) is 4.11. The van der Waals surface area contributed by atoms with Crippen LogP contribution in [0.4, 0.5) is 0 Å². The Morgan fingerprint density at radius 2 is 2.22 bits per heavy atom. The minimum Gasteiger partial charge on any atom is -0.393 e. The largest absolute Gasteiger partial charge is 0.393 e. The molecule has 9 heavy (non-hydrogen) atoms. The third-order valence-corrected chi connectivity index (χ3v) is 2.24. The molecule has 1 saturated carbocycles. The zero-order valence-corrected chi connectivity index (χ0v) is 6.30. The second kappa shape index (κ2) is 2.70. The van der Waals surface area contributed by atoms with E-state index in [2.05, 4.69) is 6.92 Å². The smallest absolute Gasteiger partial charge is 0.0514 e. The van der Waals surface area contributed by atoms with Crippen LogP contribution in [0.1, 0.15) is 33.1 Å². The van der Waals surface area contributed by atoms with E-state index in [0.29, 0.717) is 0 Å². The number of hydrogen-bond acceptors (Lipinski definition) is 1. The Balaban J connectivity index is 2.05. The Labute approximate surface area is 57.1 Å². The van der Waals surface area contributed by atoms with E-state index in [4.69, 9.17) is 5.11 Å². The van der Waals surface area contributed by atoms with Crippen molar-refractivity contribution >= 4 is 0 Å². The maximum atomic E-state index is 8.98. The number of hydrogen-bond donors (Lipinski definition) is 1. The van der Waals surface area contributed by atoms with Crippen LogP contribution in [0.15, 0.2) is 0 Å². The van der Waals surface area contributed by atoms with Crippen molar-refractivity contribution in [3.63, 3.8) is 0 Å². The van der Waals surface area contributed by atoms with Crippen LogP contribution in [-0.2, 0) is 0 Å². The summed E-state index contributed by atoms with van der Waals surface area (Å²) in [6, 6.07) is 0. The Morgan fingerprint density at radius 3 is 2.56 bits per heavy atom. The van der Waals surface area contributed by atoms with Crippen LogP contribution < -0.4 is 0 Å². The van der Waals surface area contributed by atoms with E-state index in [0.717, 1.165) is 18.3 Å². The lowest BCUT2D eigenvalue weighted by molar-refractivity contribution is 0.175. The second-order valence-corrected chi connectivity index (χ2v) is 3.25. The van der Waals surface area contributed by atoms with Crippen molar-refractivity contribution in [2.75, 3.05) is 0 Å². The van der Waals surface area contributed by atoms with Crippen molar-refractivity contribution in [1.29, 1.82) is 0 Å². The zero-order valence-electron chi connectivity index (χ0n) is 6.30. The number of rotatable bonds is 3. The standard InChI is InChI=1S/C8H16O/c1-3-7-5-8(7)4-6(2)9/h6-9H,3-5H2,1-2H3. The molecule has 0 radical (unpaired) electrons. The molecule has 0 aromatic heterocycles. The van der Waals surface area contributed by atoms with E-state index in [9.17, 15) is 0 Å². The second-order valence-electron chi connectivity index (χ2n) is 3.25. The van der Waals surface area contributed by atoms with Gasteiger partial charge in [0.1, 0.15) is 0 Å². The molecule has 1 fully saturated rings. The van der Waals surface area contributed by atoms with Gasteiger partial charge in [0.15, 0.2) is 0 Å². The van der Waals surface area contributed by atoms with Crippen molar-refractivity contribution in [3.8, 4) is 0 Å². The summed E-state index contributed by atoms with van der Waals surface area (Å²) < 4.78 is 0. The zero-order chi connectivity index (χ0) is 6.85. The van der Waals surface area contributed by atoms with E-state index in [1.807, 2.05) is 6.92 Å². The summed E-state index contributed by atoms with van der Waals surface area (Å²) in [5.41, 5.74) is 0. The summed E-state index contributed by atoms with van der Waals surface area (Å²) in [4.78, 5) is 0. The minimum absolute atomic E-state index is 0.0773. The molecule has 1 N–H and O–H groups in total. The van der Waals surface area contributed by atoms with Crippen LogP contribution in [0, 0.1) is 11.8 Å². The SMILES string of the molecule is CCC1CC1CC(C)O. The van der Waals surface area contributed by atoms with Crippen LogP contribution in [0.2, 0.25) is 0 Å². The quantitative estimate of drug-likeness (QED) is 0.614. The van der Waals surface area contributed by atoms with Crippen molar-refractivity contribution in [1.82, 2.24) is 0 Å². The molecular formula is C8H16O. The topological polar surface area (TPSA) is 20.2 Å². The molecule has 0 amide bonds. The molecule has 0 aromatic carbocycles. The Kier molecular flexibility index (Phi) is 2.12. The highest BCUT2D eigenvalue weighted by Crippen LogP contribution is 2.43. The van der Waals surface area contributed by atoms with Gasteiger partial charge in [0.2, 0.25) is 0 Å². The van der Waals surface area contributed by atoms with Gasteiger partial charge in [-0.25, -0.2) is 0 Å². The predicted molar refractivity (Wildman–Crippen MR) is 38.2 cm³/mol. The monoisotopic (exact) mass is 128 g/mol. The van der Waals surface area contributed by atoms with E-state index in [1.165, 1.54) is 12.8 Å². The van der Waals surface area contributed by atoms with Crippen LogP contribution in [-0.4, -0.2) is 11.2 Å². The van der Waals surface area contributed by atoms with Gasteiger partial charge in [0, 0.05) is 0 Å². The lowest BCUT2D eigenvalue weighted by atomic mass is 10.1. The maximum absolute atomic E-state index is 8.98. The highest BCUT2D eigenvalue weighted by Gasteiger charge is 2.35. The van der Waals surface area contributed by atoms with Crippen LogP contribution in [0.5, 0.6) is 0 Å². The Bertz CT molecular complexity index is 88.6. The fourth-order valence-corrected chi connectivity index (χ4v) is 1.54. The van der Waals surface area contributed by atoms with Crippen molar-refractivity contribution in [2.45, 2.75) is 39.2 Å². The molecule has 0 aliphatic heterocycles. The van der Waals surface area contributed by atoms with Gasteiger partial charge in [0.05, 0.1) is 6.10 Å². The molecule has 3 atom stereocenters. The van der Waals surface area contributed by atoms with Gasteiger partial charge in [0.25, 0.3) is 0 Å². The molecule has 54 valence electrons. The highest BCUT2D eigenvalue weighted by molar-refractivity contribution is 4.85. The van der Waals surface area contributed by atoms with Crippen molar-refractivity contribution < 1.29 is 5.11 Å². The van der Waals surface area contributed by atoms with E-state index >= 15 is 0 Å². The first kappa shape index (κ1) is 7.07. The van der Waals surface area contributed by atoms with Gasteiger partial charge in [-0.2, -0.15) is 0 Å². The molecule has 1 aliphatic rings. The molecule has 1 nitrogen and oxygen atoms in total. The molecule has 0 bridgehead atoms. The van der Waals surface area contributed by atoms with E-state index < -0.39 is 0 Å². The molecule has 0 aromatic rings. The van der Waals surface area contributed by atoms with Crippen LogP contribution >= 0.6 is 0 Å². The summed E-state index contributed by atoms with van der Waals surface area (Å²) in [5, 5.41) is 8.98. The summed E-state index contributed by atoms with van der Waals surface area (Å²) in [7, 11) is 0. The van der Waals surface area contributed by atoms with Crippen molar-refractivity contribution in [3.05, 3.63) is 0 Å². The van der Waals surface area contributed by atoms with Gasteiger partial charge in [-0.1, -0.05) is 13.3 Å². The van der Waals surface area contributed by atoms with Gasteiger partial charge >= 0.3 is 0 Å². The molecule has 0 heterocycles. The van der Waals surface area contributed by atoms with E-state index in [-0.39, 0.29) is 6.10 Å². The van der Waals surface area contributed by atoms with Gasteiger partial charge < -0.3 is 5.11 Å². The Morgan fingerprint density at radius 1 is 1.56 bits per heavy atom. The van der Waals surface area contributed by atoms with Gasteiger partial charge in [-0.3, -0.25) is 0 Å². The molecule has 3 unspecified atom stereocenters. The van der Waals surface area contributed by atoms with Gasteiger partial charge in [-0.05, 0) is 31.6 Å². The summed E-state index contributed by atoms with van der Waals surface area (Å²) in [5.74, 6) is 1.80. The fourth-order valence-electron chi connectivity index (χ4n) is 1.54. The van der Waals surface area contributed by atoms with Crippen LogP contribution in [0.25, 0.3) is 0 Å². The molecule has 1 heteroatoms. The molecule has 1 rings (SSSR count). The predicted octanol–water partition coefficient (Wildman–Crippen LogP) is 1.80. The molecule has 0 saturated heterocycles. The first-order valence-electron chi connectivity index (χ1n) is 3.92. The first-order chi connectivity index (χ1) is 4.24. The normalized spacial score (nSPS) is 36.3. The van der Waals surface area contributed by atoms with Crippen molar-refractivity contribution in [2.24, 2.45) is 11.8 Å². The molecular weight excluding hydrogens is 112 g/mol. The third-order valence-electron chi connectivity index (χ3n) is 2.24. The summed E-state index contributed by atoms with van der Waals surface area (Å²) >= 11 is 0.